The Hall–Kier alpha value is -2.25. The monoisotopic (exact) mass is 414 g/mol. The van der Waals surface area contributed by atoms with Gasteiger partial charge in [0.1, 0.15) is 11.9 Å². The number of pyridine rings is 1. The maximum absolute atomic E-state index is 12.4. The van der Waals surface area contributed by atoms with Crippen molar-refractivity contribution < 1.29 is 14.7 Å². The van der Waals surface area contributed by atoms with E-state index in [1.165, 1.54) is 38.5 Å². The van der Waals surface area contributed by atoms with Gasteiger partial charge >= 0.3 is 0 Å². The van der Waals surface area contributed by atoms with Crippen molar-refractivity contribution in [1.29, 1.82) is 0 Å². The molecule has 1 fully saturated rings. The molecule has 1 aromatic heterocycles. The number of aliphatic hydroxyl groups excluding tert-OH is 1. The number of fused-ring (bicyclic) bond motifs is 1. The van der Waals surface area contributed by atoms with Crippen LogP contribution in [-0.4, -0.2) is 45.1 Å². The van der Waals surface area contributed by atoms with E-state index in [2.05, 4.69) is 22.7 Å². The second-order valence-electron chi connectivity index (χ2n) is 8.26. The first-order valence-electron chi connectivity index (χ1n) is 11.3. The average molecular weight is 415 g/mol. The molecule has 164 valence electrons. The molecule has 1 aromatic rings. The molecule has 2 aliphatic heterocycles. The third-order valence-corrected chi connectivity index (χ3v) is 5.95. The second-order valence-corrected chi connectivity index (χ2v) is 8.26. The number of nitrogens with zero attached hydrogens (tertiary/aromatic N) is 2. The topological polar surface area (TPSA) is 94.6 Å². The molecule has 7 nitrogen and oxygen atoms in total. The minimum Gasteiger partial charge on any atom is -0.391 e. The van der Waals surface area contributed by atoms with E-state index in [9.17, 15) is 14.7 Å². The van der Waals surface area contributed by atoms with Crippen molar-refractivity contribution in [2.24, 2.45) is 5.92 Å². The summed E-state index contributed by atoms with van der Waals surface area (Å²) in [5, 5.41) is 15.0. The molecule has 0 radical (unpaired) electrons. The number of nitrogens with one attached hydrogen (secondary N) is 2. The molecule has 0 spiro atoms. The molecule has 0 bridgehead atoms. The van der Waals surface area contributed by atoms with Gasteiger partial charge in [-0.05, 0) is 18.6 Å². The Bertz CT molecular complexity index is 724. The minimum absolute atomic E-state index is 0.301. The van der Waals surface area contributed by atoms with Crippen LogP contribution < -0.4 is 10.7 Å². The molecule has 4 atom stereocenters. The van der Waals surface area contributed by atoms with E-state index in [1.807, 2.05) is 18.2 Å². The Morgan fingerprint density at radius 1 is 1.07 bits per heavy atom. The highest BCUT2D eigenvalue weighted by Gasteiger charge is 2.49. The van der Waals surface area contributed by atoms with Gasteiger partial charge in [0.05, 0.1) is 18.1 Å². The number of hydrogen-bond acceptors (Lipinski definition) is 6. The van der Waals surface area contributed by atoms with Crippen LogP contribution in [0.2, 0.25) is 0 Å². The molecule has 1 saturated heterocycles. The van der Waals surface area contributed by atoms with Crippen molar-refractivity contribution in [3.63, 3.8) is 0 Å². The van der Waals surface area contributed by atoms with E-state index < -0.39 is 24.1 Å². The predicted molar refractivity (Wildman–Crippen MR) is 116 cm³/mol. The Kier molecular flexibility index (Phi) is 8.39. The molecule has 4 unspecified atom stereocenters. The van der Waals surface area contributed by atoms with Gasteiger partial charge in [-0.15, -0.1) is 0 Å². The van der Waals surface area contributed by atoms with Gasteiger partial charge in [0.25, 0.3) is 0 Å². The standard InChI is InChI=1S/C23H34N4O3/c1-2-3-4-5-6-7-8-9-12-19(28)18-15-14-17-21(23(30)25-22(17)29)27(18)26-20-13-10-11-16-24-20/h10-11,13-19,21,28H,2-9,12H2,1H3,(H,24,26)(H,25,29,30). The van der Waals surface area contributed by atoms with Crippen molar-refractivity contribution in [2.75, 3.05) is 5.43 Å². The van der Waals surface area contributed by atoms with Gasteiger partial charge in [0.15, 0.2) is 0 Å². The lowest BCUT2D eigenvalue weighted by atomic mass is 9.91. The fraction of sp³-hybridized carbons (Fsp3) is 0.609. The molecule has 7 heteroatoms. The van der Waals surface area contributed by atoms with Gasteiger partial charge < -0.3 is 10.5 Å². The number of hydrogen-bond donors (Lipinski definition) is 3. The van der Waals surface area contributed by atoms with Crippen molar-refractivity contribution in [3.05, 3.63) is 36.5 Å². The van der Waals surface area contributed by atoms with Crippen LogP contribution in [0, 0.1) is 5.92 Å². The number of aromatic nitrogens is 1. The number of imide groups is 1. The number of hydrazine groups is 1. The quantitative estimate of drug-likeness (QED) is 0.276. The highest BCUT2D eigenvalue weighted by molar-refractivity contribution is 6.08. The largest absolute Gasteiger partial charge is 0.391 e. The molecule has 3 heterocycles. The first-order chi connectivity index (χ1) is 14.6. The van der Waals surface area contributed by atoms with Gasteiger partial charge in [0, 0.05) is 6.20 Å². The number of carbonyl (C=O) groups is 2. The smallest absolute Gasteiger partial charge is 0.246 e. The average Bonchev–Trinajstić information content (AvgIpc) is 3.04. The first-order valence-corrected chi connectivity index (χ1v) is 11.3. The van der Waals surface area contributed by atoms with Crippen LogP contribution in [0.1, 0.15) is 64.7 Å². The van der Waals surface area contributed by atoms with E-state index in [1.54, 1.807) is 23.3 Å². The van der Waals surface area contributed by atoms with Crippen LogP contribution in [0.15, 0.2) is 36.5 Å². The minimum atomic E-state index is -0.692. The zero-order chi connectivity index (χ0) is 21.3. The van der Waals surface area contributed by atoms with Gasteiger partial charge in [-0.1, -0.05) is 76.5 Å². The Morgan fingerprint density at radius 2 is 1.80 bits per heavy atom. The number of aliphatic hydroxyl groups is 1. The van der Waals surface area contributed by atoms with Crippen LogP contribution >= 0.6 is 0 Å². The SMILES string of the molecule is CCCCCCCCCCC(O)C1C=CC2C(=O)NC(=O)C2N1Nc1ccccn1. The van der Waals surface area contributed by atoms with Crippen LogP contribution in [0.25, 0.3) is 0 Å². The lowest BCUT2D eigenvalue weighted by Gasteiger charge is -2.40. The summed E-state index contributed by atoms with van der Waals surface area (Å²) < 4.78 is 0. The highest BCUT2D eigenvalue weighted by atomic mass is 16.3. The molecule has 0 saturated carbocycles. The van der Waals surface area contributed by atoms with E-state index in [-0.39, 0.29) is 11.8 Å². The number of unbranched alkanes of at least 4 members (excludes halogenated alkanes) is 7. The molecule has 0 aliphatic carbocycles. The Morgan fingerprint density at radius 3 is 2.50 bits per heavy atom. The molecule has 2 aliphatic rings. The third-order valence-electron chi connectivity index (χ3n) is 5.95. The molecule has 3 rings (SSSR count). The fourth-order valence-corrected chi connectivity index (χ4v) is 4.27. The number of rotatable bonds is 12. The second kappa shape index (κ2) is 11.2. The van der Waals surface area contributed by atoms with Crippen LogP contribution in [0.4, 0.5) is 5.82 Å². The van der Waals surface area contributed by atoms with Gasteiger partial charge in [-0.3, -0.25) is 14.9 Å². The van der Waals surface area contributed by atoms with E-state index in [4.69, 9.17) is 0 Å². The number of anilines is 1. The predicted octanol–water partition coefficient (Wildman–Crippen LogP) is 3.18. The van der Waals surface area contributed by atoms with Gasteiger partial charge in [0.2, 0.25) is 11.8 Å². The van der Waals surface area contributed by atoms with Crippen molar-refractivity contribution in [2.45, 2.75) is 82.9 Å². The molecular weight excluding hydrogens is 380 g/mol. The zero-order valence-corrected chi connectivity index (χ0v) is 17.8. The Labute approximate surface area is 178 Å². The molecule has 0 aromatic carbocycles. The number of carbonyl (C=O) groups excluding carboxylic acids is 2. The molecule has 2 amide bonds. The maximum atomic E-state index is 12.4. The third kappa shape index (κ3) is 5.67. The summed E-state index contributed by atoms with van der Waals surface area (Å²) in [6.07, 6.45) is 14.9. The summed E-state index contributed by atoms with van der Waals surface area (Å²) in [6.45, 7) is 2.22. The highest BCUT2D eigenvalue weighted by Crippen LogP contribution is 2.30. The zero-order valence-electron chi connectivity index (χ0n) is 17.8. The summed E-state index contributed by atoms with van der Waals surface area (Å²) >= 11 is 0. The summed E-state index contributed by atoms with van der Waals surface area (Å²) in [6, 6.07) is 4.35. The normalized spacial score (nSPS) is 24.5. The lowest BCUT2D eigenvalue weighted by Crippen LogP contribution is -2.57. The lowest BCUT2D eigenvalue weighted by molar-refractivity contribution is -0.126. The van der Waals surface area contributed by atoms with E-state index in [0.29, 0.717) is 12.2 Å². The molecule has 30 heavy (non-hydrogen) atoms. The van der Waals surface area contributed by atoms with Crippen molar-refractivity contribution in [1.82, 2.24) is 15.3 Å². The van der Waals surface area contributed by atoms with Gasteiger partial charge in [-0.2, -0.15) is 5.01 Å². The van der Waals surface area contributed by atoms with Crippen LogP contribution in [0.3, 0.4) is 0 Å². The number of amides is 2. The van der Waals surface area contributed by atoms with E-state index >= 15 is 0 Å². The van der Waals surface area contributed by atoms with Crippen molar-refractivity contribution in [3.8, 4) is 0 Å². The van der Waals surface area contributed by atoms with Crippen LogP contribution in [-0.2, 0) is 9.59 Å². The summed E-state index contributed by atoms with van der Waals surface area (Å²) in [7, 11) is 0. The summed E-state index contributed by atoms with van der Waals surface area (Å²) in [4.78, 5) is 28.8. The maximum Gasteiger partial charge on any atom is 0.246 e. The summed E-state index contributed by atoms with van der Waals surface area (Å²) in [5.74, 6) is -0.629. The summed E-state index contributed by atoms with van der Waals surface area (Å²) in [5.41, 5.74) is 3.16. The van der Waals surface area contributed by atoms with Crippen molar-refractivity contribution >= 4 is 17.6 Å². The van der Waals surface area contributed by atoms with E-state index in [0.717, 1.165) is 12.8 Å². The van der Waals surface area contributed by atoms with Gasteiger partial charge in [-0.25, -0.2) is 4.98 Å². The fourth-order valence-electron chi connectivity index (χ4n) is 4.27. The first kappa shape index (κ1) is 22.4. The Balaban J connectivity index is 1.58. The van der Waals surface area contributed by atoms with Crippen LogP contribution in [0.5, 0.6) is 0 Å². The molecule has 3 N–H and O–H groups in total. The molecular formula is C23H34N4O3.